The van der Waals surface area contributed by atoms with Gasteiger partial charge in [-0.05, 0) is 31.4 Å². The minimum absolute atomic E-state index is 0.0667. The number of aromatic nitrogens is 2. The molecule has 0 bridgehead atoms. The number of benzene rings is 1. The summed E-state index contributed by atoms with van der Waals surface area (Å²) in [6.07, 6.45) is 0.693. The van der Waals surface area contributed by atoms with Gasteiger partial charge in [0.15, 0.2) is 0 Å². The Morgan fingerprint density at radius 3 is 2.62 bits per heavy atom. The Balaban J connectivity index is 2.26. The molecule has 1 aromatic heterocycles. The van der Waals surface area contributed by atoms with Gasteiger partial charge in [-0.15, -0.1) is 0 Å². The van der Waals surface area contributed by atoms with Gasteiger partial charge in [0.25, 0.3) is 5.56 Å². The minimum atomic E-state index is -0.919. The Morgan fingerprint density at radius 1 is 1.29 bits per heavy atom. The second-order valence-electron chi connectivity index (χ2n) is 5.07. The lowest BCUT2D eigenvalue weighted by Crippen LogP contribution is -2.20. The number of hydrogen-bond donors (Lipinski definition) is 2. The first kappa shape index (κ1) is 15.0. The molecule has 110 valence electrons. The van der Waals surface area contributed by atoms with Gasteiger partial charge in [-0.1, -0.05) is 24.3 Å². The molecular formula is C16H18N2O3. The largest absolute Gasteiger partial charge is 0.481 e. The zero-order valence-electron chi connectivity index (χ0n) is 12.1. The summed E-state index contributed by atoms with van der Waals surface area (Å²) in [7, 11) is 0. The molecule has 0 fully saturated rings. The Morgan fingerprint density at radius 2 is 2.00 bits per heavy atom. The van der Waals surface area contributed by atoms with Crippen molar-refractivity contribution < 1.29 is 9.90 Å². The third-order valence-corrected chi connectivity index (χ3v) is 3.48. The number of nitrogens with zero attached hydrogens (tertiary/aromatic N) is 1. The number of carboxylic acids is 1. The zero-order valence-corrected chi connectivity index (χ0v) is 12.1. The first-order chi connectivity index (χ1) is 9.97. The predicted octanol–water partition coefficient (Wildman–Crippen LogP) is 1.99. The molecule has 0 saturated heterocycles. The third kappa shape index (κ3) is 3.78. The summed E-state index contributed by atoms with van der Waals surface area (Å²) >= 11 is 0. The van der Waals surface area contributed by atoms with Crippen LogP contribution in [0.4, 0.5) is 0 Å². The summed E-state index contributed by atoms with van der Waals surface area (Å²) in [5, 5.41) is 8.70. The molecule has 0 spiro atoms. The summed E-state index contributed by atoms with van der Waals surface area (Å²) in [6.45, 7) is 3.76. The van der Waals surface area contributed by atoms with E-state index in [0.717, 1.165) is 11.1 Å². The molecule has 0 aliphatic rings. The Kier molecular flexibility index (Phi) is 4.52. The van der Waals surface area contributed by atoms with E-state index in [9.17, 15) is 9.59 Å². The van der Waals surface area contributed by atoms with Crippen LogP contribution >= 0.6 is 0 Å². The monoisotopic (exact) mass is 286 g/mol. The lowest BCUT2D eigenvalue weighted by Gasteiger charge is -2.08. The highest BCUT2D eigenvalue weighted by molar-refractivity contribution is 5.67. The first-order valence-corrected chi connectivity index (χ1v) is 6.82. The number of nitrogens with one attached hydrogen (secondary N) is 1. The van der Waals surface area contributed by atoms with E-state index in [-0.39, 0.29) is 18.4 Å². The lowest BCUT2D eigenvalue weighted by atomic mass is 10.1. The van der Waals surface area contributed by atoms with Gasteiger partial charge >= 0.3 is 5.97 Å². The second-order valence-corrected chi connectivity index (χ2v) is 5.07. The van der Waals surface area contributed by atoms with Crippen LogP contribution in [0.5, 0.6) is 0 Å². The Labute approximate surface area is 122 Å². The maximum Gasteiger partial charge on any atom is 0.303 e. The van der Waals surface area contributed by atoms with E-state index in [0.29, 0.717) is 23.5 Å². The molecule has 0 aliphatic heterocycles. The lowest BCUT2D eigenvalue weighted by molar-refractivity contribution is -0.136. The van der Waals surface area contributed by atoms with Crippen LogP contribution in [0.25, 0.3) is 0 Å². The zero-order chi connectivity index (χ0) is 15.4. The molecule has 5 nitrogen and oxygen atoms in total. The van der Waals surface area contributed by atoms with E-state index in [1.54, 1.807) is 6.92 Å². The van der Waals surface area contributed by atoms with Crippen molar-refractivity contribution in [3.63, 3.8) is 0 Å². The predicted molar refractivity (Wildman–Crippen MR) is 79.5 cm³/mol. The van der Waals surface area contributed by atoms with Gasteiger partial charge in [-0.25, -0.2) is 4.98 Å². The SMILES string of the molecule is Cc1ccccc1Cc1nc(C)c(CCC(=O)O)c(=O)[nH]1. The third-order valence-electron chi connectivity index (χ3n) is 3.48. The van der Waals surface area contributed by atoms with Crippen LogP contribution in [-0.2, 0) is 17.6 Å². The summed E-state index contributed by atoms with van der Waals surface area (Å²) < 4.78 is 0. The van der Waals surface area contributed by atoms with Crippen molar-refractivity contribution in [1.29, 1.82) is 0 Å². The number of hydrogen-bond acceptors (Lipinski definition) is 3. The maximum absolute atomic E-state index is 12.1. The highest BCUT2D eigenvalue weighted by Crippen LogP contribution is 2.11. The molecule has 1 heterocycles. The molecule has 0 atom stereocenters. The van der Waals surface area contributed by atoms with Gasteiger partial charge in [-0.3, -0.25) is 9.59 Å². The van der Waals surface area contributed by atoms with Crippen LogP contribution in [0.15, 0.2) is 29.1 Å². The fourth-order valence-corrected chi connectivity index (χ4v) is 2.27. The van der Waals surface area contributed by atoms with Crippen molar-refractivity contribution >= 4 is 5.97 Å². The highest BCUT2D eigenvalue weighted by Gasteiger charge is 2.11. The number of aryl methyl sites for hydroxylation is 2. The van der Waals surface area contributed by atoms with Crippen LogP contribution in [0.2, 0.25) is 0 Å². The molecule has 0 amide bonds. The topological polar surface area (TPSA) is 83.0 Å². The first-order valence-electron chi connectivity index (χ1n) is 6.82. The number of aliphatic carboxylic acids is 1. The average Bonchev–Trinajstić information content (AvgIpc) is 2.40. The standard InChI is InChI=1S/C16H18N2O3/c1-10-5-3-4-6-12(10)9-14-17-11(2)13(16(21)18-14)7-8-15(19)20/h3-6H,7-9H2,1-2H3,(H,19,20)(H,17,18,21). The van der Waals surface area contributed by atoms with Gasteiger partial charge < -0.3 is 10.1 Å². The second kappa shape index (κ2) is 6.35. The van der Waals surface area contributed by atoms with Crippen LogP contribution in [0, 0.1) is 13.8 Å². The van der Waals surface area contributed by atoms with Gasteiger partial charge in [0.1, 0.15) is 5.82 Å². The molecule has 0 aliphatic carbocycles. The van der Waals surface area contributed by atoms with Crippen LogP contribution in [-0.4, -0.2) is 21.0 Å². The molecule has 2 aromatic rings. The molecular weight excluding hydrogens is 268 g/mol. The van der Waals surface area contributed by atoms with Crippen molar-refractivity contribution in [2.45, 2.75) is 33.1 Å². The molecule has 2 rings (SSSR count). The highest BCUT2D eigenvalue weighted by atomic mass is 16.4. The fourth-order valence-electron chi connectivity index (χ4n) is 2.27. The van der Waals surface area contributed by atoms with E-state index in [2.05, 4.69) is 9.97 Å². The molecule has 21 heavy (non-hydrogen) atoms. The van der Waals surface area contributed by atoms with Gasteiger partial charge in [-0.2, -0.15) is 0 Å². The van der Waals surface area contributed by atoms with Crippen molar-refractivity contribution in [2.75, 3.05) is 0 Å². The average molecular weight is 286 g/mol. The van der Waals surface area contributed by atoms with Gasteiger partial charge in [0, 0.05) is 24.1 Å². The summed E-state index contributed by atoms with van der Waals surface area (Å²) in [5.41, 5.74) is 3.06. The summed E-state index contributed by atoms with van der Waals surface area (Å²) in [6, 6.07) is 7.94. The van der Waals surface area contributed by atoms with E-state index < -0.39 is 5.97 Å². The van der Waals surface area contributed by atoms with Crippen LogP contribution in [0.1, 0.15) is 34.6 Å². The fraction of sp³-hybridized carbons (Fsp3) is 0.312. The van der Waals surface area contributed by atoms with E-state index in [1.165, 1.54) is 0 Å². The molecule has 0 saturated carbocycles. The van der Waals surface area contributed by atoms with Crippen molar-refractivity contribution in [2.24, 2.45) is 0 Å². The van der Waals surface area contributed by atoms with Crippen LogP contribution < -0.4 is 5.56 Å². The number of H-pyrrole nitrogens is 1. The van der Waals surface area contributed by atoms with Gasteiger partial charge in [0.2, 0.25) is 0 Å². The number of carboxylic acid groups (broad SMARTS) is 1. The Hall–Kier alpha value is -2.43. The van der Waals surface area contributed by atoms with Crippen molar-refractivity contribution in [1.82, 2.24) is 9.97 Å². The normalized spacial score (nSPS) is 10.6. The van der Waals surface area contributed by atoms with Gasteiger partial charge in [0.05, 0.1) is 0 Å². The molecule has 0 unspecified atom stereocenters. The summed E-state index contributed by atoms with van der Waals surface area (Å²) in [4.78, 5) is 29.8. The van der Waals surface area contributed by atoms with Crippen LogP contribution in [0.3, 0.4) is 0 Å². The van der Waals surface area contributed by atoms with E-state index >= 15 is 0 Å². The Bertz CT molecular complexity index is 720. The molecule has 1 aromatic carbocycles. The molecule has 2 N–H and O–H groups in total. The van der Waals surface area contributed by atoms with Crippen molar-refractivity contribution in [3.05, 3.63) is 62.8 Å². The van der Waals surface area contributed by atoms with E-state index in [1.807, 2.05) is 31.2 Å². The van der Waals surface area contributed by atoms with Crippen molar-refractivity contribution in [3.8, 4) is 0 Å². The quantitative estimate of drug-likeness (QED) is 0.880. The summed E-state index contributed by atoms with van der Waals surface area (Å²) in [5.74, 6) is -0.316. The number of aromatic amines is 1. The maximum atomic E-state index is 12.1. The molecule has 5 heteroatoms. The van der Waals surface area contributed by atoms with E-state index in [4.69, 9.17) is 5.11 Å². The molecule has 0 radical (unpaired) electrons. The smallest absolute Gasteiger partial charge is 0.303 e. The number of rotatable bonds is 5. The minimum Gasteiger partial charge on any atom is -0.481 e. The number of carbonyl (C=O) groups is 1.